The van der Waals surface area contributed by atoms with Gasteiger partial charge in [0.05, 0.1) is 5.69 Å². The van der Waals surface area contributed by atoms with Crippen LogP contribution in [-0.2, 0) is 10.0 Å². The molecular formula is C13H12BrFN2O2S. The molecule has 0 fully saturated rings. The van der Waals surface area contributed by atoms with Crippen LogP contribution < -0.4 is 10.5 Å². The van der Waals surface area contributed by atoms with E-state index in [-0.39, 0.29) is 4.90 Å². The van der Waals surface area contributed by atoms with Crippen molar-refractivity contribution in [2.75, 3.05) is 10.5 Å². The third kappa shape index (κ3) is 3.10. The molecule has 0 heterocycles. The number of sulfonamides is 1. The quantitative estimate of drug-likeness (QED) is 0.827. The van der Waals surface area contributed by atoms with E-state index in [9.17, 15) is 12.8 Å². The molecule has 106 valence electrons. The summed E-state index contributed by atoms with van der Waals surface area (Å²) in [5, 5.41) is 0. The standard InChI is InChI=1S/C13H12BrFN2O2S/c1-8-6-9(15)2-5-12(8)17-20(18,19)13-7-10(16)3-4-11(13)14/h2-7,17H,16H2,1H3. The Morgan fingerprint density at radius 1 is 1.20 bits per heavy atom. The van der Waals surface area contributed by atoms with E-state index < -0.39 is 15.8 Å². The minimum Gasteiger partial charge on any atom is -0.399 e. The van der Waals surface area contributed by atoms with Gasteiger partial charge in [-0.1, -0.05) is 0 Å². The van der Waals surface area contributed by atoms with Crippen LogP contribution in [0.4, 0.5) is 15.8 Å². The van der Waals surface area contributed by atoms with Gasteiger partial charge in [0.1, 0.15) is 10.7 Å². The van der Waals surface area contributed by atoms with Gasteiger partial charge >= 0.3 is 0 Å². The second kappa shape index (κ2) is 5.41. The number of nitrogens with one attached hydrogen (secondary N) is 1. The predicted molar refractivity (Wildman–Crippen MR) is 80.5 cm³/mol. The van der Waals surface area contributed by atoms with Crippen LogP contribution >= 0.6 is 15.9 Å². The molecule has 0 aliphatic heterocycles. The highest BCUT2D eigenvalue weighted by Crippen LogP contribution is 2.27. The first kappa shape index (κ1) is 14.8. The predicted octanol–water partition coefficient (Wildman–Crippen LogP) is 3.28. The number of aryl methyl sites for hydroxylation is 1. The van der Waals surface area contributed by atoms with Crippen molar-refractivity contribution < 1.29 is 12.8 Å². The zero-order chi connectivity index (χ0) is 14.9. The molecule has 20 heavy (non-hydrogen) atoms. The molecule has 0 radical (unpaired) electrons. The summed E-state index contributed by atoms with van der Waals surface area (Å²) in [5.41, 5.74) is 6.76. The number of nitrogens with two attached hydrogens (primary N) is 1. The van der Waals surface area contributed by atoms with Gasteiger partial charge in [0.25, 0.3) is 10.0 Å². The number of hydrogen-bond acceptors (Lipinski definition) is 3. The Morgan fingerprint density at radius 2 is 1.90 bits per heavy atom. The van der Waals surface area contributed by atoms with Gasteiger partial charge in [0.15, 0.2) is 0 Å². The Morgan fingerprint density at radius 3 is 2.55 bits per heavy atom. The third-order valence-electron chi connectivity index (χ3n) is 2.68. The number of halogens is 2. The van der Waals surface area contributed by atoms with E-state index in [1.807, 2.05) is 0 Å². The SMILES string of the molecule is Cc1cc(F)ccc1NS(=O)(=O)c1cc(N)ccc1Br. The van der Waals surface area contributed by atoms with Crippen molar-refractivity contribution >= 4 is 37.3 Å². The molecule has 0 aliphatic carbocycles. The first-order chi connectivity index (χ1) is 9.29. The fraction of sp³-hybridized carbons (Fsp3) is 0.0769. The fourth-order valence-corrected chi connectivity index (χ4v) is 3.80. The monoisotopic (exact) mass is 358 g/mol. The van der Waals surface area contributed by atoms with Gasteiger partial charge in [-0.25, -0.2) is 12.8 Å². The number of nitrogen functional groups attached to an aromatic ring is 1. The normalized spacial score (nSPS) is 11.3. The lowest BCUT2D eigenvalue weighted by Gasteiger charge is -2.12. The van der Waals surface area contributed by atoms with E-state index in [0.29, 0.717) is 21.4 Å². The van der Waals surface area contributed by atoms with Crippen molar-refractivity contribution in [3.05, 3.63) is 52.3 Å². The Balaban J connectivity index is 2.43. The topological polar surface area (TPSA) is 72.2 Å². The fourth-order valence-electron chi connectivity index (χ4n) is 1.67. The molecule has 0 bridgehead atoms. The van der Waals surface area contributed by atoms with E-state index >= 15 is 0 Å². The maximum atomic E-state index is 13.0. The summed E-state index contributed by atoms with van der Waals surface area (Å²) in [6.45, 7) is 1.62. The highest BCUT2D eigenvalue weighted by molar-refractivity contribution is 9.10. The second-order valence-corrected chi connectivity index (χ2v) is 6.76. The molecule has 3 N–H and O–H groups in total. The Labute approximate surface area is 125 Å². The molecule has 4 nitrogen and oxygen atoms in total. The zero-order valence-electron chi connectivity index (χ0n) is 10.5. The Hall–Kier alpha value is -1.60. The number of anilines is 2. The summed E-state index contributed by atoms with van der Waals surface area (Å²) in [7, 11) is -3.80. The van der Waals surface area contributed by atoms with E-state index in [0.717, 1.165) is 0 Å². The van der Waals surface area contributed by atoms with Gasteiger partial charge < -0.3 is 5.73 Å². The van der Waals surface area contributed by atoms with Crippen LogP contribution in [0.2, 0.25) is 0 Å². The summed E-state index contributed by atoms with van der Waals surface area (Å²) in [5.74, 6) is -0.421. The van der Waals surface area contributed by atoms with Gasteiger partial charge in [0, 0.05) is 10.2 Å². The van der Waals surface area contributed by atoms with Gasteiger partial charge in [-0.15, -0.1) is 0 Å². The van der Waals surface area contributed by atoms with Crippen molar-refractivity contribution in [3.63, 3.8) is 0 Å². The Kier molecular flexibility index (Phi) is 4.01. The van der Waals surface area contributed by atoms with Crippen LogP contribution in [-0.4, -0.2) is 8.42 Å². The lowest BCUT2D eigenvalue weighted by Crippen LogP contribution is -2.14. The first-order valence-corrected chi connectivity index (χ1v) is 7.91. The average molecular weight is 359 g/mol. The molecule has 0 atom stereocenters. The molecule has 0 saturated carbocycles. The first-order valence-electron chi connectivity index (χ1n) is 5.63. The molecule has 7 heteroatoms. The summed E-state index contributed by atoms with van der Waals surface area (Å²) in [6.07, 6.45) is 0. The van der Waals surface area contributed by atoms with Gasteiger partial charge in [0.2, 0.25) is 0 Å². The van der Waals surface area contributed by atoms with Crippen molar-refractivity contribution in [1.29, 1.82) is 0 Å². The lowest BCUT2D eigenvalue weighted by molar-refractivity contribution is 0.600. The average Bonchev–Trinajstić information content (AvgIpc) is 2.35. The summed E-state index contributed by atoms with van der Waals surface area (Å²) in [6, 6.07) is 8.33. The summed E-state index contributed by atoms with van der Waals surface area (Å²) < 4.78 is 40.5. The van der Waals surface area contributed by atoms with Crippen molar-refractivity contribution in [2.45, 2.75) is 11.8 Å². The van der Waals surface area contributed by atoms with Crippen LogP contribution in [0.1, 0.15) is 5.56 Å². The van der Waals surface area contributed by atoms with Gasteiger partial charge in [-0.2, -0.15) is 0 Å². The third-order valence-corrected chi connectivity index (χ3v) is 5.04. The maximum absolute atomic E-state index is 13.0. The maximum Gasteiger partial charge on any atom is 0.263 e. The minimum atomic E-state index is -3.80. The van der Waals surface area contributed by atoms with Crippen LogP contribution in [0.3, 0.4) is 0 Å². The van der Waals surface area contributed by atoms with Crippen molar-refractivity contribution in [3.8, 4) is 0 Å². The van der Waals surface area contributed by atoms with Crippen LogP contribution in [0.15, 0.2) is 45.8 Å². The van der Waals surface area contributed by atoms with E-state index in [4.69, 9.17) is 5.73 Å². The van der Waals surface area contributed by atoms with Crippen LogP contribution in [0, 0.1) is 12.7 Å². The van der Waals surface area contributed by atoms with E-state index in [1.165, 1.54) is 24.3 Å². The molecule has 0 aromatic heterocycles. The van der Waals surface area contributed by atoms with E-state index in [2.05, 4.69) is 20.7 Å². The van der Waals surface area contributed by atoms with Crippen LogP contribution in [0.5, 0.6) is 0 Å². The molecule has 0 unspecified atom stereocenters. The molecule has 0 spiro atoms. The molecule has 2 aromatic rings. The van der Waals surface area contributed by atoms with E-state index in [1.54, 1.807) is 19.1 Å². The highest BCUT2D eigenvalue weighted by Gasteiger charge is 2.19. The molecule has 0 saturated heterocycles. The van der Waals surface area contributed by atoms with Gasteiger partial charge in [-0.05, 0) is 64.8 Å². The minimum absolute atomic E-state index is 0.0289. The zero-order valence-corrected chi connectivity index (χ0v) is 12.9. The van der Waals surface area contributed by atoms with Crippen molar-refractivity contribution in [2.24, 2.45) is 0 Å². The molecule has 2 rings (SSSR count). The number of hydrogen-bond donors (Lipinski definition) is 2. The molecular weight excluding hydrogens is 347 g/mol. The van der Waals surface area contributed by atoms with Crippen molar-refractivity contribution in [1.82, 2.24) is 0 Å². The highest BCUT2D eigenvalue weighted by atomic mass is 79.9. The molecule has 0 amide bonds. The van der Waals surface area contributed by atoms with Crippen LogP contribution in [0.25, 0.3) is 0 Å². The lowest BCUT2D eigenvalue weighted by atomic mass is 10.2. The summed E-state index contributed by atoms with van der Waals surface area (Å²) >= 11 is 3.18. The van der Waals surface area contributed by atoms with Gasteiger partial charge in [-0.3, -0.25) is 4.72 Å². The molecule has 0 aliphatic rings. The number of rotatable bonds is 3. The largest absolute Gasteiger partial charge is 0.399 e. The summed E-state index contributed by atoms with van der Waals surface area (Å²) in [4.78, 5) is 0.0289. The Bertz CT molecular complexity index is 763. The smallest absolute Gasteiger partial charge is 0.263 e. The molecule has 2 aromatic carbocycles. The second-order valence-electron chi connectivity index (χ2n) is 4.25. The number of benzene rings is 2.